The van der Waals surface area contributed by atoms with E-state index in [0.29, 0.717) is 18.6 Å². The number of fused-ring (bicyclic) bond motifs is 1. The van der Waals surface area contributed by atoms with Crippen LogP contribution in [0.3, 0.4) is 0 Å². The van der Waals surface area contributed by atoms with E-state index < -0.39 is 0 Å². The van der Waals surface area contributed by atoms with Gasteiger partial charge in [0, 0.05) is 49.0 Å². The van der Waals surface area contributed by atoms with Gasteiger partial charge in [-0.2, -0.15) is 0 Å². The van der Waals surface area contributed by atoms with Crippen molar-refractivity contribution in [2.24, 2.45) is 0 Å². The summed E-state index contributed by atoms with van der Waals surface area (Å²) in [5, 5.41) is 0.775. The van der Waals surface area contributed by atoms with Crippen molar-refractivity contribution in [1.29, 1.82) is 0 Å². The Balaban J connectivity index is 1.37. The number of para-hydroxylation sites is 1. The van der Waals surface area contributed by atoms with Crippen LogP contribution in [0.4, 0.5) is 5.69 Å². The summed E-state index contributed by atoms with van der Waals surface area (Å²) >= 11 is 6.00. The lowest BCUT2D eigenvalue weighted by Gasteiger charge is -2.44. The van der Waals surface area contributed by atoms with Crippen LogP contribution in [0.15, 0.2) is 48.5 Å². The number of benzene rings is 2. The second kappa shape index (κ2) is 8.24. The van der Waals surface area contributed by atoms with Gasteiger partial charge in [0.15, 0.2) is 0 Å². The highest BCUT2D eigenvalue weighted by molar-refractivity contribution is 6.30. The number of hydrogen-bond acceptors (Lipinski definition) is 3. The molecule has 2 aliphatic heterocycles. The highest BCUT2D eigenvalue weighted by Gasteiger charge is 2.32. The van der Waals surface area contributed by atoms with Gasteiger partial charge in [-0.05, 0) is 49.6 Å². The number of anilines is 1. The van der Waals surface area contributed by atoms with Crippen molar-refractivity contribution in [3.05, 3.63) is 64.7 Å². The zero-order valence-corrected chi connectivity index (χ0v) is 17.4. The van der Waals surface area contributed by atoms with Gasteiger partial charge in [-0.25, -0.2) is 0 Å². The average Bonchev–Trinajstić information content (AvgIpc) is 3.12. The maximum Gasteiger partial charge on any atom is 0.241 e. The first-order valence-corrected chi connectivity index (χ1v) is 10.5. The molecule has 5 heteroatoms. The quantitative estimate of drug-likeness (QED) is 0.784. The Morgan fingerprint density at radius 2 is 1.68 bits per heavy atom. The zero-order chi connectivity index (χ0) is 19.7. The molecule has 1 amide bonds. The predicted octanol–water partition coefficient (Wildman–Crippen LogP) is 3.82. The van der Waals surface area contributed by atoms with E-state index in [2.05, 4.69) is 54.0 Å². The molecular formula is C23H28ClN3O. The van der Waals surface area contributed by atoms with Gasteiger partial charge >= 0.3 is 0 Å². The monoisotopic (exact) mass is 397 g/mol. The second-order valence-corrected chi connectivity index (χ2v) is 8.54. The van der Waals surface area contributed by atoms with Crippen molar-refractivity contribution < 1.29 is 4.79 Å². The van der Waals surface area contributed by atoms with Crippen LogP contribution in [0.25, 0.3) is 0 Å². The minimum Gasteiger partial charge on any atom is -0.311 e. The summed E-state index contributed by atoms with van der Waals surface area (Å²) < 4.78 is 0. The third-order valence-electron chi connectivity index (χ3n) is 6.07. The minimum absolute atomic E-state index is 0.218. The van der Waals surface area contributed by atoms with E-state index in [4.69, 9.17) is 11.6 Å². The topological polar surface area (TPSA) is 26.8 Å². The molecule has 0 spiro atoms. The highest BCUT2D eigenvalue weighted by atomic mass is 35.5. The van der Waals surface area contributed by atoms with Crippen LogP contribution in [0, 0.1) is 0 Å². The van der Waals surface area contributed by atoms with Crippen LogP contribution in [0.1, 0.15) is 25.0 Å². The third-order valence-corrected chi connectivity index (χ3v) is 6.32. The van der Waals surface area contributed by atoms with E-state index in [1.807, 2.05) is 23.1 Å². The molecule has 0 N–H and O–H groups in total. The Kier molecular flexibility index (Phi) is 5.72. The number of rotatable bonds is 4. The molecule has 0 saturated carbocycles. The van der Waals surface area contributed by atoms with Gasteiger partial charge in [0.2, 0.25) is 5.91 Å². The summed E-state index contributed by atoms with van der Waals surface area (Å²) in [7, 11) is 0. The number of amides is 1. The lowest BCUT2D eigenvalue weighted by atomic mass is 10.1. The van der Waals surface area contributed by atoms with E-state index in [9.17, 15) is 4.79 Å². The fourth-order valence-corrected chi connectivity index (χ4v) is 4.52. The summed E-state index contributed by atoms with van der Waals surface area (Å²) in [6.07, 6.45) is 0.961. The number of nitrogens with zero attached hydrogens (tertiary/aromatic N) is 3. The molecule has 2 aliphatic rings. The molecule has 2 atom stereocenters. The van der Waals surface area contributed by atoms with Gasteiger partial charge in [0.05, 0.1) is 6.54 Å². The molecule has 28 heavy (non-hydrogen) atoms. The van der Waals surface area contributed by atoms with Crippen molar-refractivity contribution in [2.75, 3.05) is 31.1 Å². The lowest BCUT2D eigenvalue weighted by Crippen LogP contribution is -2.57. The molecule has 4 nitrogen and oxygen atoms in total. The van der Waals surface area contributed by atoms with E-state index in [-0.39, 0.29) is 5.91 Å². The molecule has 2 aromatic rings. The maximum atomic E-state index is 13.0. The molecule has 4 rings (SSSR count). The summed E-state index contributed by atoms with van der Waals surface area (Å²) in [5.74, 6) is 0.218. The van der Waals surface area contributed by atoms with Gasteiger partial charge in [0.25, 0.3) is 0 Å². The number of hydrogen-bond donors (Lipinski definition) is 0. The molecule has 148 valence electrons. The highest BCUT2D eigenvalue weighted by Crippen LogP contribution is 2.28. The molecule has 2 heterocycles. The standard InChI is InChI=1S/C23H28ClN3O/c1-17-14-26(16-23(28)27-12-11-20-5-3-4-6-22(20)27)18(2)13-25(17)15-19-7-9-21(24)10-8-19/h3-10,17-18H,11-16H2,1-2H3/t17-,18+/m1/s1. The van der Waals surface area contributed by atoms with E-state index in [1.54, 1.807) is 0 Å². The summed E-state index contributed by atoms with van der Waals surface area (Å²) in [6.45, 7) is 8.58. The van der Waals surface area contributed by atoms with Crippen LogP contribution in [-0.2, 0) is 17.8 Å². The fourth-order valence-electron chi connectivity index (χ4n) is 4.39. The summed E-state index contributed by atoms with van der Waals surface area (Å²) in [6, 6.07) is 17.1. The molecule has 0 bridgehead atoms. The van der Waals surface area contributed by atoms with E-state index >= 15 is 0 Å². The van der Waals surface area contributed by atoms with Crippen LogP contribution in [0.5, 0.6) is 0 Å². The van der Waals surface area contributed by atoms with Crippen LogP contribution < -0.4 is 4.90 Å². The number of carbonyl (C=O) groups is 1. The Bertz CT molecular complexity index is 838. The number of piperazine rings is 1. The molecule has 1 fully saturated rings. The number of carbonyl (C=O) groups excluding carboxylic acids is 1. The smallest absolute Gasteiger partial charge is 0.241 e. The molecule has 0 aromatic heterocycles. The molecular weight excluding hydrogens is 370 g/mol. The van der Waals surface area contributed by atoms with Gasteiger partial charge in [-0.1, -0.05) is 41.9 Å². The zero-order valence-electron chi connectivity index (χ0n) is 16.6. The predicted molar refractivity (Wildman–Crippen MR) is 115 cm³/mol. The Morgan fingerprint density at radius 1 is 1.00 bits per heavy atom. The normalized spacial score (nSPS) is 23.0. The second-order valence-electron chi connectivity index (χ2n) is 8.11. The van der Waals surface area contributed by atoms with Crippen molar-refractivity contribution in [1.82, 2.24) is 9.80 Å². The fraction of sp³-hybridized carbons (Fsp3) is 0.435. The first-order chi connectivity index (χ1) is 13.5. The molecule has 0 radical (unpaired) electrons. The van der Waals surface area contributed by atoms with Crippen molar-refractivity contribution in [3.63, 3.8) is 0 Å². The first kappa shape index (κ1) is 19.4. The molecule has 0 unspecified atom stereocenters. The SMILES string of the molecule is C[C@@H]1CN(CC(=O)N2CCc3ccccc32)[C@@H](C)CN1Cc1ccc(Cl)cc1. The minimum atomic E-state index is 0.218. The van der Waals surface area contributed by atoms with Crippen molar-refractivity contribution >= 4 is 23.2 Å². The van der Waals surface area contributed by atoms with E-state index in [0.717, 1.165) is 43.3 Å². The average molecular weight is 398 g/mol. The molecule has 0 aliphatic carbocycles. The summed E-state index contributed by atoms with van der Waals surface area (Å²) in [4.78, 5) is 19.8. The van der Waals surface area contributed by atoms with Gasteiger partial charge < -0.3 is 4.90 Å². The molecule has 1 saturated heterocycles. The van der Waals surface area contributed by atoms with Crippen molar-refractivity contribution in [2.45, 2.75) is 38.9 Å². The Morgan fingerprint density at radius 3 is 2.46 bits per heavy atom. The van der Waals surface area contributed by atoms with Gasteiger partial charge in [-0.3, -0.25) is 14.6 Å². The largest absolute Gasteiger partial charge is 0.311 e. The van der Waals surface area contributed by atoms with Crippen LogP contribution in [-0.4, -0.2) is 54.0 Å². The Hall–Kier alpha value is -1.88. The van der Waals surface area contributed by atoms with Gasteiger partial charge in [0.1, 0.15) is 0 Å². The van der Waals surface area contributed by atoms with Crippen molar-refractivity contribution in [3.8, 4) is 0 Å². The Labute approximate surface area is 172 Å². The maximum absolute atomic E-state index is 13.0. The number of halogens is 1. The van der Waals surface area contributed by atoms with Crippen LogP contribution in [0.2, 0.25) is 5.02 Å². The summed E-state index contributed by atoms with van der Waals surface area (Å²) in [5.41, 5.74) is 3.65. The van der Waals surface area contributed by atoms with Crippen LogP contribution >= 0.6 is 11.6 Å². The van der Waals surface area contributed by atoms with E-state index in [1.165, 1.54) is 11.1 Å². The lowest BCUT2D eigenvalue weighted by molar-refractivity contribution is -0.121. The molecule has 2 aromatic carbocycles. The third kappa shape index (κ3) is 4.09. The first-order valence-electron chi connectivity index (χ1n) is 10.1. The van der Waals surface area contributed by atoms with Gasteiger partial charge in [-0.15, -0.1) is 0 Å².